The van der Waals surface area contributed by atoms with Crippen molar-refractivity contribution in [1.82, 2.24) is 9.97 Å². The third-order valence-corrected chi connectivity index (χ3v) is 4.19. The van der Waals surface area contributed by atoms with Gasteiger partial charge in [-0.25, -0.2) is 0 Å². The molecule has 0 aliphatic rings. The minimum Gasteiger partial charge on any atom is -0.364 e. The molecule has 3 rings (SSSR count). The van der Waals surface area contributed by atoms with Crippen molar-refractivity contribution in [1.29, 1.82) is 0 Å². The third kappa shape index (κ3) is 2.83. The molecule has 2 heterocycles. The van der Waals surface area contributed by atoms with Crippen LogP contribution >= 0.6 is 15.9 Å². The zero-order valence-electron chi connectivity index (χ0n) is 11.3. The van der Waals surface area contributed by atoms with E-state index >= 15 is 0 Å². The average molecular weight is 369 g/mol. The lowest BCUT2D eigenvalue weighted by Gasteiger charge is -2.18. The first-order valence-corrected chi connectivity index (χ1v) is 7.39. The Balaban J connectivity index is 2.10. The van der Waals surface area contributed by atoms with Crippen LogP contribution in [0.5, 0.6) is 0 Å². The maximum Gasteiger partial charge on any atom is 0.416 e. The molecule has 0 saturated carbocycles. The van der Waals surface area contributed by atoms with Crippen LogP contribution in [0.25, 0.3) is 0 Å². The van der Waals surface area contributed by atoms with E-state index in [-0.39, 0.29) is 5.92 Å². The van der Waals surface area contributed by atoms with Gasteiger partial charge in [-0.2, -0.15) is 13.2 Å². The van der Waals surface area contributed by atoms with Gasteiger partial charge in [-0.1, -0.05) is 22.0 Å². The predicted molar refractivity (Wildman–Crippen MR) is 81.7 cm³/mol. The second-order valence-corrected chi connectivity index (χ2v) is 5.77. The highest BCUT2D eigenvalue weighted by molar-refractivity contribution is 9.10. The van der Waals surface area contributed by atoms with Gasteiger partial charge in [0.2, 0.25) is 0 Å². The molecule has 6 heteroatoms. The fourth-order valence-electron chi connectivity index (χ4n) is 2.49. The van der Waals surface area contributed by atoms with Crippen LogP contribution in [0.3, 0.4) is 0 Å². The molecule has 3 aromatic rings. The van der Waals surface area contributed by atoms with Crippen LogP contribution in [0.1, 0.15) is 28.4 Å². The molecule has 2 aromatic heterocycles. The van der Waals surface area contributed by atoms with Crippen LogP contribution in [-0.4, -0.2) is 9.97 Å². The molecule has 0 saturated heterocycles. The van der Waals surface area contributed by atoms with Crippen LogP contribution < -0.4 is 0 Å². The highest BCUT2D eigenvalue weighted by Crippen LogP contribution is 2.38. The summed E-state index contributed by atoms with van der Waals surface area (Å²) in [5.74, 6) is -0.193. The van der Waals surface area contributed by atoms with Crippen LogP contribution in [0.4, 0.5) is 13.2 Å². The molecule has 0 aliphatic carbocycles. The summed E-state index contributed by atoms with van der Waals surface area (Å²) in [6.45, 7) is 0. The van der Waals surface area contributed by atoms with Crippen LogP contribution in [0.15, 0.2) is 59.3 Å². The van der Waals surface area contributed by atoms with E-state index in [9.17, 15) is 13.2 Å². The van der Waals surface area contributed by atoms with E-state index in [1.54, 1.807) is 12.4 Å². The molecule has 0 radical (unpaired) electrons. The van der Waals surface area contributed by atoms with Gasteiger partial charge < -0.3 is 9.97 Å². The first kappa shape index (κ1) is 15.0. The zero-order chi connectivity index (χ0) is 15.7. The number of H-pyrrole nitrogens is 2. The summed E-state index contributed by atoms with van der Waals surface area (Å²) in [6.07, 6.45) is -0.762. The molecule has 0 unspecified atom stereocenters. The van der Waals surface area contributed by atoms with Crippen molar-refractivity contribution in [3.8, 4) is 0 Å². The number of aromatic nitrogens is 2. The number of alkyl halides is 3. The SMILES string of the molecule is FC(F)(F)c1ccc(C(c2ccc[nH]2)c2ccc[nH]2)c(Br)c1. The Kier molecular flexibility index (Phi) is 3.87. The second-order valence-electron chi connectivity index (χ2n) is 4.92. The van der Waals surface area contributed by atoms with E-state index in [2.05, 4.69) is 25.9 Å². The number of nitrogens with one attached hydrogen (secondary N) is 2. The van der Waals surface area contributed by atoms with Crippen molar-refractivity contribution in [2.75, 3.05) is 0 Å². The molecule has 0 bridgehead atoms. The van der Waals surface area contributed by atoms with Gasteiger partial charge in [-0.05, 0) is 42.0 Å². The average Bonchev–Trinajstić information content (AvgIpc) is 3.13. The van der Waals surface area contributed by atoms with E-state index in [1.807, 2.05) is 24.3 Å². The van der Waals surface area contributed by atoms with Crippen LogP contribution in [-0.2, 0) is 6.18 Å². The smallest absolute Gasteiger partial charge is 0.364 e. The molecule has 114 valence electrons. The highest BCUT2D eigenvalue weighted by atomic mass is 79.9. The Morgan fingerprint density at radius 2 is 1.50 bits per heavy atom. The molecule has 1 aromatic carbocycles. The van der Waals surface area contributed by atoms with Gasteiger partial charge in [0.25, 0.3) is 0 Å². The monoisotopic (exact) mass is 368 g/mol. The second kappa shape index (κ2) is 5.68. The lowest BCUT2D eigenvalue weighted by molar-refractivity contribution is -0.137. The number of hydrogen-bond acceptors (Lipinski definition) is 0. The molecule has 2 N–H and O–H groups in total. The highest BCUT2D eigenvalue weighted by Gasteiger charge is 2.31. The van der Waals surface area contributed by atoms with E-state index < -0.39 is 11.7 Å². The van der Waals surface area contributed by atoms with E-state index in [0.717, 1.165) is 29.1 Å². The number of benzene rings is 1. The van der Waals surface area contributed by atoms with Gasteiger partial charge in [-0.15, -0.1) is 0 Å². The first-order valence-electron chi connectivity index (χ1n) is 6.60. The van der Waals surface area contributed by atoms with Crippen molar-refractivity contribution < 1.29 is 13.2 Å². The van der Waals surface area contributed by atoms with E-state index in [4.69, 9.17) is 0 Å². The number of hydrogen-bond donors (Lipinski definition) is 2. The van der Waals surface area contributed by atoms with Gasteiger partial charge in [0.05, 0.1) is 11.5 Å². The standard InChI is InChI=1S/C16H12BrF3N2/c17-12-9-10(16(18,19)20)5-6-11(12)15(13-3-1-7-21-13)14-4-2-8-22-14/h1-9,15,21-22H. The summed E-state index contributed by atoms with van der Waals surface area (Å²) >= 11 is 3.28. The number of rotatable bonds is 3. The largest absolute Gasteiger partial charge is 0.416 e. The summed E-state index contributed by atoms with van der Waals surface area (Å²) < 4.78 is 38.9. The third-order valence-electron chi connectivity index (χ3n) is 3.50. The topological polar surface area (TPSA) is 31.6 Å². The molecule has 0 atom stereocenters. The van der Waals surface area contributed by atoms with Gasteiger partial charge >= 0.3 is 6.18 Å². The molecule has 2 nitrogen and oxygen atoms in total. The molecule has 0 aliphatic heterocycles. The number of halogens is 4. The Morgan fingerprint density at radius 1 is 0.909 bits per heavy atom. The Bertz CT molecular complexity index is 712. The van der Waals surface area contributed by atoms with Crippen LogP contribution in [0.2, 0.25) is 0 Å². The maximum absolute atomic E-state index is 12.8. The van der Waals surface area contributed by atoms with Crippen LogP contribution in [0, 0.1) is 0 Å². The van der Waals surface area contributed by atoms with Gasteiger partial charge in [0.15, 0.2) is 0 Å². The van der Waals surface area contributed by atoms with Crippen molar-refractivity contribution in [2.24, 2.45) is 0 Å². The molecule has 0 fully saturated rings. The summed E-state index contributed by atoms with van der Waals surface area (Å²) in [5, 5.41) is 0. The Hall–Kier alpha value is -1.95. The number of aromatic amines is 2. The minimum atomic E-state index is -4.35. The fourth-order valence-corrected chi connectivity index (χ4v) is 3.10. The van der Waals surface area contributed by atoms with Gasteiger partial charge in [-0.3, -0.25) is 0 Å². The molecule has 0 spiro atoms. The van der Waals surface area contributed by atoms with Crippen molar-refractivity contribution in [3.05, 3.63) is 81.8 Å². The predicted octanol–water partition coefficient (Wildman–Crippen LogP) is 5.30. The fraction of sp³-hybridized carbons (Fsp3) is 0.125. The van der Waals surface area contributed by atoms with E-state index in [0.29, 0.717) is 4.47 Å². The van der Waals surface area contributed by atoms with Crippen molar-refractivity contribution in [2.45, 2.75) is 12.1 Å². The molecule has 22 heavy (non-hydrogen) atoms. The molecular formula is C16H12BrF3N2. The summed E-state index contributed by atoms with van der Waals surface area (Å²) in [7, 11) is 0. The first-order chi connectivity index (χ1) is 10.5. The lowest BCUT2D eigenvalue weighted by Crippen LogP contribution is -2.08. The summed E-state index contributed by atoms with van der Waals surface area (Å²) in [5.41, 5.74) is 1.91. The molecular weight excluding hydrogens is 357 g/mol. The van der Waals surface area contributed by atoms with Gasteiger partial charge in [0, 0.05) is 28.3 Å². The van der Waals surface area contributed by atoms with Crippen molar-refractivity contribution >= 4 is 15.9 Å². The summed E-state index contributed by atoms with van der Waals surface area (Å²) in [4.78, 5) is 6.27. The zero-order valence-corrected chi connectivity index (χ0v) is 12.9. The Labute approximate surface area is 133 Å². The van der Waals surface area contributed by atoms with E-state index in [1.165, 1.54) is 6.07 Å². The minimum absolute atomic E-state index is 0.193. The molecule has 0 amide bonds. The Morgan fingerprint density at radius 3 is 1.91 bits per heavy atom. The van der Waals surface area contributed by atoms with Gasteiger partial charge in [0.1, 0.15) is 0 Å². The summed E-state index contributed by atoms with van der Waals surface area (Å²) in [6, 6.07) is 11.3. The normalized spacial score (nSPS) is 12.0. The quantitative estimate of drug-likeness (QED) is 0.628. The maximum atomic E-state index is 12.8. The van der Waals surface area contributed by atoms with Crippen molar-refractivity contribution in [3.63, 3.8) is 0 Å². The lowest BCUT2D eigenvalue weighted by atomic mass is 9.92.